The number of ether oxygens (including phenoxy) is 1. The second kappa shape index (κ2) is 12.1. The number of aromatic amines is 1. The second-order valence-corrected chi connectivity index (χ2v) is 8.17. The molecule has 1 saturated heterocycles. The number of halogens is 2. The molecular weight excluding hydrogens is 532 g/mol. The van der Waals surface area contributed by atoms with E-state index >= 15 is 0 Å². The van der Waals surface area contributed by atoms with Crippen molar-refractivity contribution in [3.8, 4) is 5.75 Å². The van der Waals surface area contributed by atoms with Gasteiger partial charge in [0.05, 0.1) is 12.8 Å². The number of aromatic nitrogens is 1. The van der Waals surface area contributed by atoms with Crippen LogP contribution in [0, 0.1) is 11.7 Å². The van der Waals surface area contributed by atoms with Crippen molar-refractivity contribution in [1.82, 2.24) is 15.6 Å². The molecule has 1 aromatic heterocycles. The zero-order valence-electron chi connectivity index (χ0n) is 19.2. The summed E-state index contributed by atoms with van der Waals surface area (Å²) in [6.45, 7) is 6.43. The van der Waals surface area contributed by atoms with E-state index in [4.69, 9.17) is 9.73 Å². The van der Waals surface area contributed by atoms with Crippen molar-refractivity contribution in [1.29, 1.82) is 0 Å². The van der Waals surface area contributed by atoms with E-state index < -0.39 is 0 Å². The molecule has 1 aliphatic rings. The zero-order valence-corrected chi connectivity index (χ0v) is 21.6. The van der Waals surface area contributed by atoms with Crippen molar-refractivity contribution in [2.45, 2.75) is 19.8 Å². The third-order valence-corrected chi connectivity index (χ3v) is 5.98. The maximum Gasteiger partial charge on any atom is 0.191 e. The number of nitrogens with one attached hydrogen (secondary N) is 3. The smallest absolute Gasteiger partial charge is 0.191 e. The SMILES string of the molecule is CCNC(=NCC1CCN(c2ccccc2OC)C1)NCCc1c[nH]c2cc(F)ccc12.I. The van der Waals surface area contributed by atoms with E-state index in [0.29, 0.717) is 5.92 Å². The van der Waals surface area contributed by atoms with Crippen LogP contribution >= 0.6 is 24.0 Å². The Labute approximate surface area is 212 Å². The van der Waals surface area contributed by atoms with Gasteiger partial charge in [0.1, 0.15) is 11.6 Å². The molecule has 1 unspecified atom stereocenters. The fraction of sp³-hybridized carbons (Fsp3) is 0.400. The highest BCUT2D eigenvalue weighted by molar-refractivity contribution is 14.0. The van der Waals surface area contributed by atoms with Crippen LogP contribution in [-0.4, -0.2) is 50.8 Å². The Kier molecular flexibility index (Phi) is 9.22. The number of hydrogen-bond acceptors (Lipinski definition) is 3. The predicted molar refractivity (Wildman–Crippen MR) is 145 cm³/mol. The largest absolute Gasteiger partial charge is 0.495 e. The lowest BCUT2D eigenvalue weighted by atomic mass is 10.1. The monoisotopic (exact) mass is 565 g/mol. The van der Waals surface area contributed by atoms with Gasteiger partial charge in [0.15, 0.2) is 5.96 Å². The summed E-state index contributed by atoms with van der Waals surface area (Å²) in [7, 11) is 1.72. The molecule has 0 radical (unpaired) electrons. The van der Waals surface area contributed by atoms with Gasteiger partial charge < -0.3 is 25.3 Å². The van der Waals surface area contributed by atoms with Crippen molar-refractivity contribution >= 4 is 46.5 Å². The van der Waals surface area contributed by atoms with Gasteiger partial charge in [-0.3, -0.25) is 4.99 Å². The van der Waals surface area contributed by atoms with Crippen LogP contribution in [0.1, 0.15) is 18.9 Å². The van der Waals surface area contributed by atoms with E-state index in [1.165, 1.54) is 17.7 Å². The van der Waals surface area contributed by atoms with Gasteiger partial charge in [-0.05, 0) is 61.6 Å². The highest BCUT2D eigenvalue weighted by Crippen LogP contribution is 2.32. The molecule has 1 atom stereocenters. The van der Waals surface area contributed by atoms with E-state index in [-0.39, 0.29) is 29.8 Å². The lowest BCUT2D eigenvalue weighted by Crippen LogP contribution is -2.38. The summed E-state index contributed by atoms with van der Waals surface area (Å²) in [5, 5.41) is 7.84. The minimum Gasteiger partial charge on any atom is -0.495 e. The van der Waals surface area contributed by atoms with Gasteiger partial charge >= 0.3 is 0 Å². The van der Waals surface area contributed by atoms with Gasteiger partial charge in [0.2, 0.25) is 0 Å². The molecule has 2 heterocycles. The molecule has 2 aromatic carbocycles. The lowest BCUT2D eigenvalue weighted by Gasteiger charge is -2.21. The standard InChI is InChI=1S/C25H32FN5O.HI/c1-3-27-25(28-12-10-19-16-29-22-14-20(26)8-9-21(19)22)30-15-18-11-13-31(17-18)23-6-4-5-7-24(23)32-2;/h4-9,14,16,18,29H,3,10-13,15,17H2,1-2H3,(H2,27,28,30);1H. The number of guanidine groups is 1. The summed E-state index contributed by atoms with van der Waals surface area (Å²) in [6, 6.07) is 13.1. The Morgan fingerprint density at radius 1 is 1.24 bits per heavy atom. The second-order valence-electron chi connectivity index (χ2n) is 8.17. The highest BCUT2D eigenvalue weighted by Gasteiger charge is 2.24. The molecule has 3 N–H and O–H groups in total. The van der Waals surface area contributed by atoms with E-state index in [1.54, 1.807) is 7.11 Å². The Bertz CT molecular complexity index is 1070. The van der Waals surface area contributed by atoms with Crippen molar-refractivity contribution in [3.05, 3.63) is 60.0 Å². The predicted octanol–water partition coefficient (Wildman–Crippen LogP) is 4.56. The summed E-state index contributed by atoms with van der Waals surface area (Å²) < 4.78 is 18.9. The average Bonchev–Trinajstić information content (AvgIpc) is 3.44. The minimum absolute atomic E-state index is 0. The maximum absolute atomic E-state index is 13.4. The topological polar surface area (TPSA) is 64.7 Å². The number of methoxy groups -OCH3 is 1. The molecule has 1 aliphatic heterocycles. The number of benzene rings is 2. The van der Waals surface area contributed by atoms with Crippen LogP contribution < -0.4 is 20.3 Å². The molecule has 178 valence electrons. The molecule has 33 heavy (non-hydrogen) atoms. The third kappa shape index (κ3) is 6.31. The van der Waals surface area contributed by atoms with Crippen LogP contribution in [0.4, 0.5) is 10.1 Å². The number of aliphatic imine (C=N–C) groups is 1. The molecule has 0 bridgehead atoms. The Hall–Kier alpha value is -2.49. The average molecular weight is 565 g/mol. The molecule has 0 aliphatic carbocycles. The van der Waals surface area contributed by atoms with Gasteiger partial charge in [-0.25, -0.2) is 4.39 Å². The number of anilines is 1. The molecule has 4 rings (SSSR count). The lowest BCUT2D eigenvalue weighted by molar-refractivity contribution is 0.414. The fourth-order valence-corrected chi connectivity index (χ4v) is 4.33. The highest BCUT2D eigenvalue weighted by atomic mass is 127. The van der Waals surface area contributed by atoms with Gasteiger partial charge in [-0.2, -0.15) is 0 Å². The zero-order chi connectivity index (χ0) is 22.3. The van der Waals surface area contributed by atoms with E-state index in [2.05, 4.69) is 39.6 Å². The van der Waals surface area contributed by atoms with Gasteiger partial charge in [0, 0.05) is 49.8 Å². The molecular formula is C25H33FIN5O. The van der Waals surface area contributed by atoms with Gasteiger partial charge in [0.25, 0.3) is 0 Å². The summed E-state index contributed by atoms with van der Waals surface area (Å²) in [6.07, 6.45) is 3.91. The summed E-state index contributed by atoms with van der Waals surface area (Å²) >= 11 is 0. The van der Waals surface area contributed by atoms with Crippen LogP contribution in [0.2, 0.25) is 0 Å². The first-order chi connectivity index (χ1) is 15.7. The summed E-state index contributed by atoms with van der Waals surface area (Å²) in [4.78, 5) is 10.4. The molecule has 3 aromatic rings. The van der Waals surface area contributed by atoms with Crippen LogP contribution in [0.5, 0.6) is 5.75 Å². The van der Waals surface area contributed by atoms with Crippen molar-refractivity contribution in [2.75, 3.05) is 44.7 Å². The van der Waals surface area contributed by atoms with Crippen LogP contribution in [0.3, 0.4) is 0 Å². The van der Waals surface area contributed by atoms with Crippen molar-refractivity contribution in [2.24, 2.45) is 10.9 Å². The quantitative estimate of drug-likeness (QED) is 0.213. The van der Waals surface area contributed by atoms with Crippen LogP contribution in [0.15, 0.2) is 53.7 Å². The first-order valence-electron chi connectivity index (χ1n) is 11.3. The maximum atomic E-state index is 13.4. The molecule has 1 fully saturated rings. The molecule has 0 spiro atoms. The first kappa shape index (κ1) is 25.1. The van der Waals surface area contributed by atoms with Gasteiger partial charge in [-0.1, -0.05) is 12.1 Å². The number of H-pyrrole nitrogens is 1. The number of hydrogen-bond donors (Lipinski definition) is 3. The fourth-order valence-electron chi connectivity index (χ4n) is 4.33. The number of nitrogens with zero attached hydrogens (tertiary/aromatic N) is 2. The van der Waals surface area contributed by atoms with E-state index in [1.807, 2.05) is 24.4 Å². The molecule has 0 amide bonds. The van der Waals surface area contributed by atoms with Crippen molar-refractivity contribution in [3.63, 3.8) is 0 Å². The first-order valence-corrected chi connectivity index (χ1v) is 11.3. The molecule has 0 saturated carbocycles. The number of fused-ring (bicyclic) bond motifs is 1. The number of para-hydroxylation sites is 2. The van der Waals surface area contributed by atoms with E-state index in [9.17, 15) is 4.39 Å². The Balaban J connectivity index is 0.00000306. The molecule has 8 heteroatoms. The van der Waals surface area contributed by atoms with Gasteiger partial charge in [-0.15, -0.1) is 24.0 Å². The third-order valence-electron chi connectivity index (χ3n) is 5.98. The minimum atomic E-state index is -0.221. The number of rotatable bonds is 8. The Morgan fingerprint density at radius 2 is 2.09 bits per heavy atom. The van der Waals surface area contributed by atoms with Crippen LogP contribution in [-0.2, 0) is 6.42 Å². The summed E-state index contributed by atoms with van der Waals surface area (Å²) in [5.41, 5.74) is 3.16. The molecule has 6 nitrogen and oxygen atoms in total. The van der Waals surface area contributed by atoms with Crippen molar-refractivity contribution < 1.29 is 9.13 Å². The van der Waals surface area contributed by atoms with E-state index in [0.717, 1.165) is 73.9 Å². The summed E-state index contributed by atoms with van der Waals surface area (Å²) in [5.74, 6) is 2.06. The van der Waals surface area contributed by atoms with Crippen LogP contribution in [0.25, 0.3) is 10.9 Å². The Morgan fingerprint density at radius 3 is 2.91 bits per heavy atom. The normalized spacial score (nSPS) is 16.0.